The van der Waals surface area contributed by atoms with Crippen LogP contribution < -0.4 is 20.4 Å². The van der Waals surface area contributed by atoms with E-state index in [0.29, 0.717) is 39.7 Å². The van der Waals surface area contributed by atoms with Crippen molar-refractivity contribution in [3.05, 3.63) is 107 Å². The van der Waals surface area contributed by atoms with Crippen LogP contribution in [0.15, 0.2) is 84.9 Å². The molecule has 0 heterocycles. The third-order valence-corrected chi connectivity index (χ3v) is 5.84. The Morgan fingerprint density at radius 3 is 1.50 bits per heavy atom. The van der Waals surface area contributed by atoms with E-state index in [1.54, 1.807) is 54.6 Å². The zero-order valence-electron chi connectivity index (χ0n) is 20.6. The molecule has 0 aliphatic heterocycles. The summed E-state index contributed by atoms with van der Waals surface area (Å²) >= 11 is 0. The third kappa shape index (κ3) is 6.61. The zero-order chi connectivity index (χ0) is 27.1. The first-order chi connectivity index (χ1) is 18.4. The second-order valence-electron chi connectivity index (χ2n) is 8.53. The van der Waals surface area contributed by atoms with Crippen LogP contribution in [0.25, 0.3) is 0 Å². The van der Waals surface area contributed by atoms with Crippen molar-refractivity contribution >= 4 is 25.2 Å². The summed E-state index contributed by atoms with van der Waals surface area (Å²) in [6.45, 7) is 1.17. The minimum Gasteiger partial charge on any atom is -0.457 e. The van der Waals surface area contributed by atoms with Crippen molar-refractivity contribution in [1.82, 2.24) is 0 Å². The lowest BCUT2D eigenvalue weighted by Gasteiger charge is -2.18. The molecule has 0 aromatic heterocycles. The van der Waals surface area contributed by atoms with Gasteiger partial charge in [0.2, 0.25) is 0 Å². The normalized spacial score (nSPS) is 10.5. The summed E-state index contributed by atoms with van der Waals surface area (Å²) in [5.74, 6) is 2.00. The Bertz CT molecular complexity index is 1420. The maximum absolute atomic E-state index is 10.7. The van der Waals surface area contributed by atoms with Crippen LogP contribution in [0.2, 0.25) is 0 Å². The average molecular weight is 509 g/mol. The lowest BCUT2D eigenvalue weighted by atomic mass is 9.69. The Hall–Kier alpha value is -4.10. The van der Waals surface area contributed by atoms with Gasteiger partial charge in [-0.1, -0.05) is 29.8 Å². The van der Waals surface area contributed by atoms with Gasteiger partial charge in [0.05, 0.1) is 24.8 Å². The van der Waals surface area contributed by atoms with E-state index in [2.05, 4.69) is 0 Å². The highest BCUT2D eigenvalue weighted by atomic mass is 16.5. The van der Waals surface area contributed by atoms with E-state index in [1.807, 2.05) is 37.3 Å². The van der Waals surface area contributed by atoms with Crippen LogP contribution in [0, 0.1) is 18.3 Å². The number of aliphatic hydroxyl groups excluding tert-OH is 2. The SMILES string of the molecule is Cc1ccc(Oc2ccc(B(O)OB(O)c3ccc(Oc4ccc(C#N)cc4)cc3CO)c(CO)c2)cc1. The average Bonchev–Trinajstić information content (AvgIpc) is 2.94. The highest BCUT2D eigenvalue weighted by molar-refractivity contribution is 6.73. The molecule has 0 atom stereocenters. The molecule has 0 aliphatic rings. The van der Waals surface area contributed by atoms with Crippen LogP contribution in [-0.2, 0) is 17.8 Å². The van der Waals surface area contributed by atoms with Crippen LogP contribution in [0.1, 0.15) is 22.3 Å². The highest BCUT2D eigenvalue weighted by Gasteiger charge is 2.29. The molecule has 4 aromatic rings. The number of nitrogens with zero attached hydrogens (tertiary/aromatic N) is 1. The van der Waals surface area contributed by atoms with Crippen LogP contribution in [-0.4, -0.2) is 34.5 Å². The van der Waals surface area contributed by atoms with E-state index in [4.69, 9.17) is 19.3 Å². The summed E-state index contributed by atoms with van der Waals surface area (Å²) in [4.78, 5) is 0. The fraction of sp³-hybridized carbons (Fsp3) is 0.107. The molecule has 190 valence electrons. The fourth-order valence-corrected chi connectivity index (χ4v) is 3.79. The molecule has 8 nitrogen and oxygen atoms in total. The predicted molar refractivity (Wildman–Crippen MR) is 144 cm³/mol. The van der Waals surface area contributed by atoms with Gasteiger partial charge in [0.1, 0.15) is 23.0 Å². The van der Waals surface area contributed by atoms with Crippen LogP contribution in [0.3, 0.4) is 0 Å². The summed E-state index contributed by atoms with van der Waals surface area (Å²) in [5.41, 5.74) is 2.79. The number of nitriles is 1. The quantitative estimate of drug-likeness (QED) is 0.240. The van der Waals surface area contributed by atoms with Gasteiger partial charge in [-0.2, -0.15) is 5.26 Å². The molecular formula is C28H25B2NO7. The number of rotatable bonds is 10. The van der Waals surface area contributed by atoms with Gasteiger partial charge < -0.3 is 34.3 Å². The Kier molecular flexibility index (Phi) is 8.81. The summed E-state index contributed by atoms with van der Waals surface area (Å²) < 4.78 is 17.0. The van der Waals surface area contributed by atoms with Crippen molar-refractivity contribution in [2.24, 2.45) is 0 Å². The molecule has 0 bridgehead atoms. The Balaban J connectivity index is 1.46. The Labute approximate surface area is 221 Å². The molecule has 4 N–H and O–H groups in total. The first kappa shape index (κ1) is 26.9. The van der Waals surface area contributed by atoms with Crippen molar-refractivity contribution < 1.29 is 34.3 Å². The minimum absolute atomic E-state index is 0.239. The zero-order valence-corrected chi connectivity index (χ0v) is 20.6. The summed E-state index contributed by atoms with van der Waals surface area (Å²) in [7, 11) is -3.15. The second kappa shape index (κ2) is 12.4. The summed E-state index contributed by atoms with van der Waals surface area (Å²) in [5, 5.41) is 50.0. The van der Waals surface area contributed by atoms with Gasteiger partial charge in [0, 0.05) is 0 Å². The van der Waals surface area contributed by atoms with E-state index in [1.165, 1.54) is 6.07 Å². The van der Waals surface area contributed by atoms with Gasteiger partial charge >= 0.3 is 14.2 Å². The lowest BCUT2D eigenvalue weighted by molar-refractivity contribution is 0.281. The van der Waals surface area contributed by atoms with E-state index >= 15 is 0 Å². The molecule has 38 heavy (non-hydrogen) atoms. The topological polar surface area (TPSA) is 132 Å². The third-order valence-electron chi connectivity index (χ3n) is 5.84. The predicted octanol–water partition coefficient (Wildman–Crippen LogP) is 2.53. The number of hydrogen-bond donors (Lipinski definition) is 4. The maximum atomic E-state index is 10.7. The Morgan fingerprint density at radius 2 is 1.08 bits per heavy atom. The molecule has 0 fully saturated rings. The molecule has 0 aliphatic carbocycles. The number of aliphatic hydroxyl groups is 2. The monoisotopic (exact) mass is 509 g/mol. The van der Waals surface area contributed by atoms with Crippen LogP contribution in [0.5, 0.6) is 23.0 Å². The van der Waals surface area contributed by atoms with Crippen molar-refractivity contribution in [2.45, 2.75) is 20.1 Å². The molecule has 0 radical (unpaired) electrons. The molecular weight excluding hydrogens is 484 g/mol. The van der Waals surface area contributed by atoms with Crippen molar-refractivity contribution in [2.75, 3.05) is 0 Å². The molecule has 0 spiro atoms. The lowest BCUT2D eigenvalue weighted by Crippen LogP contribution is -2.47. The first-order valence-electron chi connectivity index (χ1n) is 11.8. The fourth-order valence-electron chi connectivity index (χ4n) is 3.79. The van der Waals surface area contributed by atoms with E-state index < -0.39 is 20.8 Å². The van der Waals surface area contributed by atoms with Crippen molar-refractivity contribution in [3.63, 3.8) is 0 Å². The summed E-state index contributed by atoms with van der Waals surface area (Å²) in [6, 6.07) is 25.5. The van der Waals surface area contributed by atoms with Gasteiger partial charge in [-0.25, -0.2) is 0 Å². The molecule has 4 aromatic carbocycles. The van der Waals surface area contributed by atoms with Gasteiger partial charge in [0.15, 0.2) is 0 Å². The van der Waals surface area contributed by atoms with Crippen molar-refractivity contribution in [1.29, 1.82) is 5.26 Å². The molecule has 0 amide bonds. The van der Waals surface area contributed by atoms with Gasteiger partial charge in [-0.3, -0.25) is 0 Å². The first-order valence-corrected chi connectivity index (χ1v) is 11.8. The standard InChI is InChI=1S/C28H25B2NO7/c1-19-2-6-23(7-3-19)36-25-10-12-27(21(14-25)17-32)29(34)38-30(35)28-13-11-26(15-22(28)18-33)37-24-8-4-20(16-31)5-9-24/h2-15,32-35H,17-18H2,1H3. The molecule has 0 unspecified atom stereocenters. The van der Waals surface area contributed by atoms with Gasteiger partial charge in [-0.15, -0.1) is 0 Å². The number of hydrogen-bond acceptors (Lipinski definition) is 8. The Morgan fingerprint density at radius 1 is 0.658 bits per heavy atom. The van der Waals surface area contributed by atoms with Gasteiger partial charge in [0.25, 0.3) is 0 Å². The smallest absolute Gasteiger partial charge is 0.457 e. The van der Waals surface area contributed by atoms with Crippen LogP contribution >= 0.6 is 0 Å². The van der Waals surface area contributed by atoms with E-state index in [-0.39, 0.29) is 17.5 Å². The van der Waals surface area contributed by atoms with Crippen LogP contribution in [0.4, 0.5) is 0 Å². The minimum atomic E-state index is -1.58. The molecule has 4 rings (SSSR count). The van der Waals surface area contributed by atoms with E-state index in [0.717, 1.165) is 5.56 Å². The molecule has 10 heteroatoms. The highest BCUT2D eigenvalue weighted by Crippen LogP contribution is 2.24. The molecule has 0 saturated carbocycles. The molecule has 0 saturated heterocycles. The number of benzene rings is 4. The second-order valence-corrected chi connectivity index (χ2v) is 8.53. The van der Waals surface area contributed by atoms with E-state index in [9.17, 15) is 20.3 Å². The van der Waals surface area contributed by atoms with Crippen molar-refractivity contribution in [3.8, 4) is 29.1 Å². The number of aryl methyl sites for hydroxylation is 1. The summed E-state index contributed by atoms with van der Waals surface area (Å²) in [6.07, 6.45) is 0. The largest absolute Gasteiger partial charge is 0.478 e. The van der Waals surface area contributed by atoms with Gasteiger partial charge in [-0.05, 0) is 89.6 Å². The number of ether oxygens (including phenoxy) is 2. The maximum Gasteiger partial charge on any atom is 0.478 e.